The van der Waals surface area contributed by atoms with Crippen molar-refractivity contribution in [3.63, 3.8) is 0 Å². The maximum atomic E-state index is 11.9. The molecular weight excluding hydrogens is 1570 g/mol. The van der Waals surface area contributed by atoms with E-state index in [1.807, 2.05) is 31.2 Å². The zero-order valence-corrected chi connectivity index (χ0v) is 86.2. The fourth-order valence-corrected chi connectivity index (χ4v) is 10.3. The van der Waals surface area contributed by atoms with Gasteiger partial charge in [-0.05, 0) is 205 Å². The van der Waals surface area contributed by atoms with Gasteiger partial charge in [-0.25, -0.2) is 9.59 Å². The number of ether oxygens (including phenoxy) is 2. The van der Waals surface area contributed by atoms with E-state index in [9.17, 15) is 39.6 Å². The van der Waals surface area contributed by atoms with Crippen LogP contribution in [-0.4, -0.2) is 83.7 Å². The van der Waals surface area contributed by atoms with Gasteiger partial charge in [0.1, 0.15) is 51.4 Å². The second-order valence-electron chi connectivity index (χ2n) is 42.8. The molecule has 6 rings (SSSR count). The van der Waals surface area contributed by atoms with E-state index < -0.39 is 11.9 Å². The molecule has 9 N–H and O–H groups in total. The number of aromatic hydroxyl groups is 7. The van der Waals surface area contributed by atoms with Gasteiger partial charge >= 0.3 is 11.9 Å². The molecule has 722 valence electrons. The van der Waals surface area contributed by atoms with Crippen LogP contribution in [0.1, 0.15) is 415 Å². The Balaban J connectivity index is -0.000000328. The van der Waals surface area contributed by atoms with Crippen LogP contribution < -0.4 is 9.47 Å². The van der Waals surface area contributed by atoms with Gasteiger partial charge in [0.05, 0.1) is 14.2 Å². The second-order valence-corrected chi connectivity index (χ2v) is 42.8. The van der Waals surface area contributed by atoms with Crippen LogP contribution >= 0.6 is 0 Å². The van der Waals surface area contributed by atoms with E-state index in [0.717, 1.165) is 60.8 Å². The van der Waals surface area contributed by atoms with Gasteiger partial charge in [0.25, 0.3) is 0 Å². The number of carbonyl (C=O) groups is 4. The highest BCUT2D eigenvalue weighted by Crippen LogP contribution is 2.30. The third-order valence-electron chi connectivity index (χ3n) is 15.7. The summed E-state index contributed by atoms with van der Waals surface area (Å²) < 4.78 is 10.1. The van der Waals surface area contributed by atoms with Crippen LogP contribution in [0.15, 0.2) is 127 Å². The van der Waals surface area contributed by atoms with Gasteiger partial charge in [0.2, 0.25) is 0 Å². The van der Waals surface area contributed by atoms with Crippen LogP contribution in [0.2, 0.25) is 0 Å². The van der Waals surface area contributed by atoms with E-state index in [2.05, 4.69) is 206 Å². The number of hydrogen-bond acceptors (Lipinski definition) is 13. The van der Waals surface area contributed by atoms with Crippen molar-refractivity contribution in [2.24, 2.45) is 38.4 Å². The van der Waals surface area contributed by atoms with Crippen LogP contribution in [0.25, 0.3) is 0 Å². The minimum atomic E-state index is -1.10. The summed E-state index contributed by atoms with van der Waals surface area (Å²) >= 11 is 0. The Hall–Kier alpha value is -8.46. The molecule has 0 radical (unpaired) electrons. The van der Waals surface area contributed by atoms with Gasteiger partial charge in [0, 0.05) is 31.7 Å². The van der Waals surface area contributed by atoms with Crippen molar-refractivity contribution >= 4 is 23.5 Å². The van der Waals surface area contributed by atoms with E-state index in [-0.39, 0.29) is 45.6 Å². The molecule has 0 aliphatic rings. The number of phenols is 7. The monoisotopic (exact) mass is 1760 g/mol. The highest BCUT2D eigenvalue weighted by molar-refractivity contribution is 5.93. The summed E-state index contributed by atoms with van der Waals surface area (Å²) in [6.07, 6.45) is 37.3. The van der Waals surface area contributed by atoms with Crippen molar-refractivity contribution < 1.29 is 74.6 Å². The number of aryl methyl sites for hydroxylation is 6. The Kier molecular flexibility index (Phi) is 74.8. The van der Waals surface area contributed by atoms with Gasteiger partial charge in [-0.3, -0.25) is 9.59 Å². The average Bonchev–Trinajstić information content (AvgIpc) is 0.852. The summed E-state index contributed by atoms with van der Waals surface area (Å²) in [5.41, 5.74) is 8.26. The lowest BCUT2D eigenvalue weighted by molar-refractivity contribution is -0.120. The van der Waals surface area contributed by atoms with Crippen LogP contribution in [0.4, 0.5) is 0 Å². The number of ketones is 2. The topological polar surface area (TPSA) is 269 Å². The first-order chi connectivity index (χ1) is 58.0. The number of rotatable bonds is 37. The quantitative estimate of drug-likeness (QED) is 0.0130. The summed E-state index contributed by atoms with van der Waals surface area (Å²) in [6.45, 7) is 66.5. The Morgan fingerprint density at radius 2 is 0.627 bits per heavy atom. The molecule has 0 saturated carbocycles. The molecular formula is C111H188O15. The number of Topliss-reactive ketones (excluding diaryl/α,β-unsaturated/α-hetero) is 2. The molecule has 15 nitrogen and oxygen atoms in total. The minimum absolute atomic E-state index is 0.0208. The first kappa shape index (κ1) is 128. The number of hydrogen-bond donors (Lipinski definition) is 9. The number of allylic oxidation sites excluding steroid dienone is 2. The highest BCUT2D eigenvalue weighted by Gasteiger charge is 2.14. The SMILES string of the molecule is CC(C)(C)C.CC(C)(C)C.CC(C)(C)C.CC(C)(C)C.CC(C)(C)C.CC(C)(C)C.CCCCCCCCC(=O)CCc1ccc(O)c(OC)c1.CCCCCCCCCCCCCCCc1cc(O)cc(O)c1.COc1cc(CCC(=O)CCCC/C=C/C(C)C)ccc1O.Cc1cccc(O)c1.Cc1cccc(O)c1C(=O)O.Cc1cccc(O)c1C(=O)O. The van der Waals surface area contributed by atoms with Crippen molar-refractivity contribution in [1.82, 2.24) is 0 Å². The van der Waals surface area contributed by atoms with Crippen LogP contribution in [-0.2, 0) is 28.9 Å². The summed E-state index contributed by atoms with van der Waals surface area (Å²) in [7, 11) is 3.06. The number of phenolic OH excluding ortho intramolecular Hbond substituents is 5. The lowest BCUT2D eigenvalue weighted by atomic mass is 10.0. The number of carboxylic acids is 2. The molecule has 0 aromatic heterocycles. The second kappa shape index (κ2) is 73.4. The van der Waals surface area contributed by atoms with Crippen molar-refractivity contribution in [2.45, 2.75) is 401 Å². The first-order valence-electron chi connectivity index (χ1n) is 46.7. The molecule has 0 aliphatic carbocycles. The molecule has 0 atom stereocenters. The standard InChI is InChI=1S/C21H36O2.C19H28O3.C18H28O3.2C8H8O3.C7H8O.6C5H12/c1-2-3-4-5-6-7-8-9-10-11-12-13-14-15-19-16-20(22)18-21(23)17-19;1-15(2)8-6-4-5-7-9-17(20)12-10-16-11-13-18(21)19(14-16)22-3;1-3-4-5-6-7-8-9-16(19)12-10-15-11-13-17(20)18(14-15)21-2;2*1-5-3-2-4-6(9)7(5)8(10)11;1-6-3-2-4-7(8)5-6;6*1-5(2,3)4/h16-18,22-23H,2-15H2,1H3;6,8,11,13-15,21H,4-5,7,9-10,12H2,1-3H3;11,13-14,20H,3-10,12H2,1-2H3;2*2-4,9H,1H3,(H,10,11);2-5,8H,1H3;6*1-4H3/b;8-6+;;;;;;;;;;. The van der Waals surface area contributed by atoms with E-state index in [1.54, 1.807) is 86.6 Å². The zero-order valence-electron chi connectivity index (χ0n) is 86.2. The number of unbranched alkanes of at least 4 members (excludes halogenated alkanes) is 19. The van der Waals surface area contributed by atoms with Crippen LogP contribution in [0.3, 0.4) is 0 Å². The van der Waals surface area contributed by atoms with Gasteiger partial charge in [-0.2, -0.15) is 0 Å². The smallest absolute Gasteiger partial charge is 0.339 e. The molecule has 0 bridgehead atoms. The predicted octanol–water partition coefficient (Wildman–Crippen LogP) is 32.9. The summed E-state index contributed by atoms with van der Waals surface area (Å²) in [6, 6.07) is 31.7. The number of benzene rings is 6. The van der Waals surface area contributed by atoms with Crippen LogP contribution in [0.5, 0.6) is 51.7 Å². The van der Waals surface area contributed by atoms with Crippen molar-refractivity contribution in [3.05, 3.63) is 172 Å². The Morgan fingerprint density at radius 1 is 0.325 bits per heavy atom. The summed E-state index contributed by atoms with van der Waals surface area (Å²) in [5.74, 6) is 0.538. The summed E-state index contributed by atoms with van der Waals surface area (Å²) in [5, 5.41) is 82.1. The third kappa shape index (κ3) is 103. The Labute approximate surface area is 770 Å². The van der Waals surface area contributed by atoms with Crippen molar-refractivity contribution in [1.29, 1.82) is 0 Å². The molecule has 0 fully saturated rings. The maximum Gasteiger partial charge on any atom is 0.339 e. The van der Waals surface area contributed by atoms with Crippen molar-refractivity contribution in [2.75, 3.05) is 14.2 Å². The molecule has 0 heterocycles. The van der Waals surface area contributed by atoms with Crippen molar-refractivity contribution in [3.8, 4) is 51.7 Å². The van der Waals surface area contributed by atoms with E-state index in [1.165, 1.54) is 142 Å². The molecule has 0 saturated heterocycles. The molecule has 0 unspecified atom stereocenters. The molecule has 126 heavy (non-hydrogen) atoms. The normalized spacial score (nSPS) is 10.8. The molecule has 6 aromatic rings. The van der Waals surface area contributed by atoms with Gasteiger partial charge in [-0.1, -0.05) is 364 Å². The molecule has 0 aliphatic heterocycles. The fraction of sp³-hybridized carbons (Fsp3) is 0.622. The van der Waals surface area contributed by atoms with Gasteiger partial charge < -0.3 is 55.4 Å². The lowest BCUT2D eigenvalue weighted by Gasteiger charge is -2.06. The third-order valence-corrected chi connectivity index (χ3v) is 15.7. The highest BCUT2D eigenvalue weighted by atomic mass is 16.5. The molecule has 15 heteroatoms. The molecule has 6 aromatic carbocycles. The first-order valence-corrected chi connectivity index (χ1v) is 46.7. The predicted molar refractivity (Wildman–Crippen MR) is 539 cm³/mol. The van der Waals surface area contributed by atoms with E-state index >= 15 is 0 Å². The van der Waals surface area contributed by atoms with E-state index in [0.29, 0.717) is 117 Å². The Morgan fingerprint density at radius 3 is 0.897 bits per heavy atom. The Bertz CT molecular complexity index is 3490. The number of methoxy groups -OCH3 is 2. The number of carboxylic acid groups (broad SMARTS) is 2. The minimum Gasteiger partial charge on any atom is -0.508 e. The number of aromatic carboxylic acids is 2. The fourth-order valence-electron chi connectivity index (χ4n) is 10.3. The van der Waals surface area contributed by atoms with E-state index in [4.69, 9.17) is 35.0 Å². The zero-order chi connectivity index (χ0) is 98.5. The maximum absolute atomic E-state index is 11.9. The number of carbonyl (C=O) groups excluding carboxylic acids is 2. The average molecular weight is 1760 g/mol. The van der Waals surface area contributed by atoms with Crippen LogP contribution in [0, 0.1) is 59.2 Å². The molecule has 0 spiro atoms. The van der Waals surface area contributed by atoms with Gasteiger partial charge in [0.15, 0.2) is 23.0 Å². The molecule has 0 amide bonds. The lowest BCUT2D eigenvalue weighted by Crippen LogP contribution is -2.00. The largest absolute Gasteiger partial charge is 0.508 e. The summed E-state index contributed by atoms with van der Waals surface area (Å²) in [4.78, 5) is 44.7. The van der Waals surface area contributed by atoms with Gasteiger partial charge in [-0.15, -0.1) is 0 Å².